The van der Waals surface area contributed by atoms with Crippen molar-refractivity contribution in [3.63, 3.8) is 0 Å². The molecule has 0 radical (unpaired) electrons. The topological polar surface area (TPSA) is 81.1 Å². The van der Waals surface area contributed by atoms with E-state index in [0.717, 1.165) is 11.3 Å². The van der Waals surface area contributed by atoms with Gasteiger partial charge in [-0.1, -0.05) is 18.2 Å². The van der Waals surface area contributed by atoms with E-state index in [9.17, 15) is 13.2 Å². The molecule has 22 heavy (non-hydrogen) atoms. The van der Waals surface area contributed by atoms with Gasteiger partial charge in [0.25, 0.3) is 0 Å². The van der Waals surface area contributed by atoms with E-state index in [-0.39, 0.29) is 29.9 Å². The number of benzene rings is 1. The number of nitrogens with one attached hydrogen (secondary N) is 1. The van der Waals surface area contributed by atoms with Gasteiger partial charge in [-0.2, -0.15) is 5.10 Å². The van der Waals surface area contributed by atoms with Crippen LogP contribution in [0.5, 0.6) is 0 Å². The van der Waals surface area contributed by atoms with Gasteiger partial charge in [0.2, 0.25) is 5.91 Å². The van der Waals surface area contributed by atoms with E-state index in [1.54, 1.807) is 17.1 Å². The molecule has 1 aromatic carbocycles. The zero-order valence-corrected chi connectivity index (χ0v) is 12.8. The summed E-state index contributed by atoms with van der Waals surface area (Å²) in [5.41, 5.74) is 1.72. The van der Waals surface area contributed by atoms with Crippen molar-refractivity contribution in [1.29, 1.82) is 0 Å². The van der Waals surface area contributed by atoms with E-state index < -0.39 is 9.84 Å². The summed E-state index contributed by atoms with van der Waals surface area (Å²) in [4.78, 5) is 12.0. The number of aromatic nitrogens is 2. The number of nitrogens with zero attached hydrogens (tertiary/aromatic N) is 2. The van der Waals surface area contributed by atoms with Crippen molar-refractivity contribution in [2.24, 2.45) is 0 Å². The molecule has 7 heteroatoms. The Labute approximate surface area is 129 Å². The molecule has 1 aliphatic rings. The molecule has 0 saturated carbocycles. The molecule has 116 valence electrons. The number of rotatable bonds is 4. The van der Waals surface area contributed by atoms with Crippen LogP contribution in [-0.4, -0.2) is 41.7 Å². The molecule has 0 bridgehead atoms. The van der Waals surface area contributed by atoms with Crippen LogP contribution in [0.1, 0.15) is 12.0 Å². The standard InChI is InChI=1S/C15H17N3O3S/c19-15(17-13-6-7-22(20,21)11-13)8-12-9-16-18(10-12)14-4-2-1-3-5-14/h1-5,9-10,13H,6-8,11H2,(H,17,19)/t13-/m0/s1. The lowest BCUT2D eigenvalue weighted by Crippen LogP contribution is -2.36. The summed E-state index contributed by atoms with van der Waals surface area (Å²) >= 11 is 0. The summed E-state index contributed by atoms with van der Waals surface area (Å²) in [6.45, 7) is 0. The van der Waals surface area contributed by atoms with E-state index in [1.165, 1.54) is 0 Å². The average Bonchev–Trinajstić information content (AvgIpc) is 3.06. The number of hydrogen-bond donors (Lipinski definition) is 1. The van der Waals surface area contributed by atoms with Crippen molar-refractivity contribution in [1.82, 2.24) is 15.1 Å². The van der Waals surface area contributed by atoms with E-state index in [0.29, 0.717) is 6.42 Å². The third-order valence-electron chi connectivity index (χ3n) is 3.62. The minimum atomic E-state index is -2.98. The molecule has 1 N–H and O–H groups in total. The van der Waals surface area contributed by atoms with Crippen molar-refractivity contribution in [3.8, 4) is 5.69 Å². The van der Waals surface area contributed by atoms with Crippen LogP contribution in [0.4, 0.5) is 0 Å². The van der Waals surface area contributed by atoms with Crippen molar-refractivity contribution >= 4 is 15.7 Å². The van der Waals surface area contributed by atoms with Crippen LogP contribution in [0.3, 0.4) is 0 Å². The van der Waals surface area contributed by atoms with Crippen molar-refractivity contribution in [2.45, 2.75) is 18.9 Å². The maximum Gasteiger partial charge on any atom is 0.224 e. The molecule has 2 aromatic rings. The summed E-state index contributed by atoms with van der Waals surface area (Å²) < 4.78 is 24.5. The van der Waals surface area contributed by atoms with E-state index in [2.05, 4.69) is 10.4 Å². The molecule has 0 spiro atoms. The summed E-state index contributed by atoms with van der Waals surface area (Å²) in [5.74, 6) is 0.0287. The minimum Gasteiger partial charge on any atom is -0.352 e. The smallest absolute Gasteiger partial charge is 0.224 e. The highest BCUT2D eigenvalue weighted by atomic mass is 32.2. The average molecular weight is 319 g/mol. The second-order valence-electron chi connectivity index (χ2n) is 5.47. The molecule has 1 aliphatic heterocycles. The number of para-hydroxylation sites is 1. The molecule has 1 fully saturated rings. The Morgan fingerprint density at radius 1 is 1.32 bits per heavy atom. The third kappa shape index (κ3) is 3.54. The Morgan fingerprint density at radius 3 is 2.77 bits per heavy atom. The lowest BCUT2D eigenvalue weighted by molar-refractivity contribution is -0.121. The molecule has 3 rings (SSSR count). The van der Waals surface area contributed by atoms with Gasteiger partial charge >= 0.3 is 0 Å². The fourth-order valence-corrected chi connectivity index (χ4v) is 4.22. The van der Waals surface area contributed by atoms with Gasteiger partial charge in [-0.3, -0.25) is 4.79 Å². The molecule has 1 amide bonds. The maximum absolute atomic E-state index is 12.0. The van der Waals surface area contributed by atoms with Crippen LogP contribution in [0.15, 0.2) is 42.7 Å². The van der Waals surface area contributed by atoms with Gasteiger partial charge < -0.3 is 5.32 Å². The lowest BCUT2D eigenvalue weighted by atomic mass is 10.2. The van der Waals surface area contributed by atoms with Gasteiger partial charge in [0.15, 0.2) is 9.84 Å². The first-order chi connectivity index (χ1) is 10.5. The molecule has 2 heterocycles. The molecule has 1 aromatic heterocycles. The van der Waals surface area contributed by atoms with E-state index >= 15 is 0 Å². The van der Waals surface area contributed by atoms with Crippen LogP contribution in [0.2, 0.25) is 0 Å². The van der Waals surface area contributed by atoms with Gasteiger partial charge in [-0.05, 0) is 24.1 Å². The zero-order valence-electron chi connectivity index (χ0n) is 12.0. The highest BCUT2D eigenvalue weighted by Gasteiger charge is 2.28. The first kappa shape index (κ1) is 14.8. The van der Waals surface area contributed by atoms with Gasteiger partial charge in [-0.15, -0.1) is 0 Å². The lowest BCUT2D eigenvalue weighted by Gasteiger charge is -2.09. The summed E-state index contributed by atoms with van der Waals surface area (Å²) in [6.07, 6.45) is 4.15. The molecule has 0 unspecified atom stereocenters. The largest absolute Gasteiger partial charge is 0.352 e. The number of sulfone groups is 1. The molecular weight excluding hydrogens is 302 g/mol. The minimum absolute atomic E-state index is 0.0437. The first-order valence-electron chi connectivity index (χ1n) is 7.11. The summed E-state index contributed by atoms with van der Waals surface area (Å²) in [5, 5.41) is 7.01. The van der Waals surface area contributed by atoms with Crippen LogP contribution in [0.25, 0.3) is 5.69 Å². The molecule has 1 atom stereocenters. The normalized spacial score (nSPS) is 19.9. The van der Waals surface area contributed by atoms with Crippen molar-refractivity contribution < 1.29 is 13.2 Å². The third-order valence-corrected chi connectivity index (χ3v) is 5.39. The number of carbonyl (C=O) groups excluding carboxylic acids is 1. The van der Waals surface area contributed by atoms with Crippen LogP contribution < -0.4 is 5.32 Å². The zero-order chi connectivity index (χ0) is 15.6. The molecule has 6 nitrogen and oxygen atoms in total. The predicted octanol–water partition coefficient (Wildman–Crippen LogP) is 0.718. The maximum atomic E-state index is 12.0. The Hall–Kier alpha value is -2.15. The van der Waals surface area contributed by atoms with E-state index in [1.807, 2.05) is 30.3 Å². The Kier molecular flexibility index (Phi) is 3.98. The Morgan fingerprint density at radius 2 is 2.09 bits per heavy atom. The molecule has 0 aliphatic carbocycles. The Bertz CT molecular complexity index is 768. The monoisotopic (exact) mass is 319 g/mol. The SMILES string of the molecule is O=C(Cc1cnn(-c2ccccc2)c1)N[C@H]1CCS(=O)(=O)C1. The Balaban J connectivity index is 1.60. The van der Waals surface area contributed by atoms with Crippen molar-refractivity contribution in [2.75, 3.05) is 11.5 Å². The number of hydrogen-bond acceptors (Lipinski definition) is 4. The van der Waals surface area contributed by atoms with Gasteiger partial charge in [-0.25, -0.2) is 13.1 Å². The number of carbonyl (C=O) groups is 1. The fraction of sp³-hybridized carbons (Fsp3) is 0.333. The predicted molar refractivity (Wildman–Crippen MR) is 82.5 cm³/mol. The van der Waals surface area contributed by atoms with Crippen molar-refractivity contribution in [3.05, 3.63) is 48.3 Å². The van der Waals surface area contributed by atoms with Gasteiger partial charge in [0.05, 0.1) is 29.8 Å². The quantitative estimate of drug-likeness (QED) is 0.900. The second-order valence-corrected chi connectivity index (χ2v) is 7.70. The van der Waals surface area contributed by atoms with Crippen LogP contribution in [-0.2, 0) is 21.1 Å². The highest BCUT2D eigenvalue weighted by Crippen LogP contribution is 2.12. The highest BCUT2D eigenvalue weighted by molar-refractivity contribution is 7.91. The van der Waals surface area contributed by atoms with Crippen LogP contribution >= 0.6 is 0 Å². The first-order valence-corrected chi connectivity index (χ1v) is 8.93. The number of amides is 1. The van der Waals surface area contributed by atoms with Gasteiger partial charge in [0, 0.05) is 12.2 Å². The second kappa shape index (κ2) is 5.92. The summed E-state index contributed by atoms with van der Waals surface area (Å²) in [7, 11) is -2.98. The van der Waals surface area contributed by atoms with Crippen LogP contribution in [0, 0.1) is 0 Å². The molecular formula is C15H17N3O3S. The van der Waals surface area contributed by atoms with E-state index in [4.69, 9.17) is 0 Å². The van der Waals surface area contributed by atoms with Gasteiger partial charge in [0.1, 0.15) is 0 Å². The molecule has 1 saturated heterocycles. The fourth-order valence-electron chi connectivity index (χ4n) is 2.55. The summed E-state index contributed by atoms with van der Waals surface area (Å²) in [6, 6.07) is 9.37.